The number of thiophene rings is 1. The maximum atomic E-state index is 12.5. The molecule has 1 aromatic carbocycles. The van der Waals surface area contributed by atoms with Gasteiger partial charge in [0.25, 0.3) is 5.89 Å². The highest BCUT2D eigenvalue weighted by molar-refractivity contribution is 7.13. The maximum absolute atomic E-state index is 12.5. The number of piperazine rings is 1. The van der Waals surface area contributed by atoms with Crippen LogP contribution in [0.15, 0.2) is 52.4 Å². The van der Waals surface area contributed by atoms with Crippen LogP contribution < -0.4 is 4.74 Å². The number of aromatic nitrogens is 2. The highest BCUT2D eigenvalue weighted by atomic mass is 32.1. The topological polar surface area (TPSA) is 71.7 Å². The lowest BCUT2D eigenvalue weighted by Crippen LogP contribution is -2.47. The second kappa shape index (κ2) is 9.02. The van der Waals surface area contributed by atoms with Crippen LogP contribution in [-0.4, -0.2) is 59.1 Å². The van der Waals surface area contributed by atoms with E-state index in [1.54, 1.807) is 30.6 Å². The molecule has 0 spiro atoms. The van der Waals surface area contributed by atoms with E-state index in [-0.39, 0.29) is 5.91 Å². The van der Waals surface area contributed by atoms with Gasteiger partial charge in [0.1, 0.15) is 5.75 Å². The van der Waals surface area contributed by atoms with Gasteiger partial charge in [0.15, 0.2) is 5.82 Å². The van der Waals surface area contributed by atoms with Gasteiger partial charge in [-0.2, -0.15) is 4.98 Å². The molecule has 1 amide bonds. The van der Waals surface area contributed by atoms with Crippen molar-refractivity contribution < 1.29 is 14.1 Å². The van der Waals surface area contributed by atoms with Crippen LogP contribution >= 0.6 is 11.3 Å². The van der Waals surface area contributed by atoms with Crippen LogP contribution in [0.4, 0.5) is 0 Å². The fourth-order valence-electron chi connectivity index (χ4n) is 3.22. The van der Waals surface area contributed by atoms with Gasteiger partial charge in [-0.3, -0.25) is 9.69 Å². The Labute approximate surface area is 173 Å². The van der Waals surface area contributed by atoms with E-state index in [1.165, 1.54) is 0 Å². The van der Waals surface area contributed by atoms with Gasteiger partial charge < -0.3 is 14.2 Å². The Morgan fingerprint density at radius 3 is 2.79 bits per heavy atom. The lowest BCUT2D eigenvalue weighted by atomic mass is 10.2. The van der Waals surface area contributed by atoms with E-state index < -0.39 is 0 Å². The van der Waals surface area contributed by atoms with E-state index in [4.69, 9.17) is 9.26 Å². The Morgan fingerprint density at radius 1 is 1.21 bits per heavy atom. The van der Waals surface area contributed by atoms with Crippen molar-refractivity contribution in [1.29, 1.82) is 0 Å². The lowest BCUT2D eigenvalue weighted by molar-refractivity contribution is -0.127. The van der Waals surface area contributed by atoms with Crippen LogP contribution in [0.5, 0.6) is 5.75 Å². The van der Waals surface area contributed by atoms with Crippen LogP contribution in [0.25, 0.3) is 16.8 Å². The largest absolute Gasteiger partial charge is 0.496 e. The molecule has 0 radical (unpaired) electrons. The summed E-state index contributed by atoms with van der Waals surface area (Å²) >= 11 is 1.58. The number of ether oxygens (including phenoxy) is 1. The molecule has 7 nitrogen and oxygen atoms in total. The van der Waals surface area contributed by atoms with Gasteiger partial charge in [0.2, 0.25) is 5.91 Å². The minimum Gasteiger partial charge on any atom is -0.496 e. The second-order valence-electron chi connectivity index (χ2n) is 6.67. The van der Waals surface area contributed by atoms with Gasteiger partial charge in [0, 0.05) is 37.8 Å². The smallest absolute Gasteiger partial charge is 0.268 e. The normalized spacial score (nSPS) is 15.1. The second-order valence-corrected chi connectivity index (χ2v) is 7.62. The Kier molecular flexibility index (Phi) is 6.02. The number of carbonyl (C=O) groups excluding carboxylic acids is 1. The molecule has 0 unspecified atom stereocenters. The SMILES string of the molecule is COc1ccccc1C=CC(=O)N1CCN(Cc2noc(-c3cccs3)n2)CC1. The van der Waals surface area contributed by atoms with Crippen molar-refractivity contribution in [3.8, 4) is 16.5 Å². The quantitative estimate of drug-likeness (QED) is 0.582. The first-order valence-corrected chi connectivity index (χ1v) is 10.3. The molecule has 3 heterocycles. The third-order valence-corrected chi connectivity index (χ3v) is 5.65. The minimum absolute atomic E-state index is 0.00935. The number of methoxy groups -OCH3 is 1. The molecule has 29 heavy (non-hydrogen) atoms. The maximum Gasteiger partial charge on any atom is 0.268 e. The monoisotopic (exact) mass is 410 g/mol. The Morgan fingerprint density at radius 2 is 2.03 bits per heavy atom. The van der Waals surface area contributed by atoms with Crippen molar-refractivity contribution in [2.24, 2.45) is 0 Å². The number of hydrogen-bond donors (Lipinski definition) is 0. The summed E-state index contributed by atoms with van der Waals surface area (Å²) < 4.78 is 10.7. The number of para-hydroxylation sites is 1. The molecule has 1 saturated heterocycles. The van der Waals surface area contributed by atoms with Gasteiger partial charge >= 0.3 is 0 Å². The average Bonchev–Trinajstić information content (AvgIpc) is 3.45. The first-order valence-electron chi connectivity index (χ1n) is 9.42. The molecule has 0 bridgehead atoms. The number of rotatable bonds is 6. The Bertz CT molecular complexity index is 975. The summed E-state index contributed by atoms with van der Waals surface area (Å²) in [7, 11) is 1.63. The van der Waals surface area contributed by atoms with Gasteiger partial charge in [-0.25, -0.2) is 0 Å². The number of hydrogen-bond acceptors (Lipinski definition) is 7. The van der Waals surface area contributed by atoms with Crippen molar-refractivity contribution in [3.05, 3.63) is 59.2 Å². The minimum atomic E-state index is 0.00935. The first kappa shape index (κ1) is 19.4. The van der Waals surface area contributed by atoms with Gasteiger partial charge in [-0.15, -0.1) is 11.3 Å². The highest BCUT2D eigenvalue weighted by Crippen LogP contribution is 2.23. The molecule has 150 valence electrons. The third-order valence-electron chi connectivity index (χ3n) is 4.79. The summed E-state index contributed by atoms with van der Waals surface area (Å²) in [5.74, 6) is 1.99. The predicted octanol–water partition coefficient (Wildman–Crippen LogP) is 3.16. The Hall–Kier alpha value is -2.97. The number of nitrogens with zero attached hydrogens (tertiary/aromatic N) is 4. The molecule has 1 fully saturated rings. The van der Waals surface area contributed by atoms with Crippen molar-refractivity contribution >= 4 is 23.3 Å². The van der Waals surface area contributed by atoms with Gasteiger partial charge in [0.05, 0.1) is 18.5 Å². The van der Waals surface area contributed by atoms with Gasteiger partial charge in [-0.1, -0.05) is 29.4 Å². The molecule has 0 aliphatic carbocycles. The number of amides is 1. The summed E-state index contributed by atoms with van der Waals surface area (Å²) in [6, 6.07) is 11.6. The van der Waals surface area contributed by atoms with Crippen molar-refractivity contribution in [3.63, 3.8) is 0 Å². The number of benzene rings is 1. The van der Waals surface area contributed by atoms with E-state index >= 15 is 0 Å². The summed E-state index contributed by atoms with van der Waals surface area (Å²) in [6.07, 6.45) is 3.42. The highest BCUT2D eigenvalue weighted by Gasteiger charge is 2.21. The zero-order valence-corrected chi connectivity index (χ0v) is 17.0. The summed E-state index contributed by atoms with van der Waals surface area (Å²) in [6.45, 7) is 3.51. The van der Waals surface area contributed by atoms with Crippen LogP contribution in [-0.2, 0) is 11.3 Å². The van der Waals surface area contributed by atoms with E-state index in [0.29, 0.717) is 31.3 Å². The summed E-state index contributed by atoms with van der Waals surface area (Å²) in [5, 5.41) is 6.06. The molecule has 4 rings (SSSR count). The standard InChI is InChI=1S/C21H22N4O3S/c1-27-17-6-3-2-5-16(17)8-9-20(26)25-12-10-24(11-13-25)15-19-22-21(28-23-19)18-7-4-14-29-18/h2-9,14H,10-13,15H2,1H3. The fraction of sp³-hybridized carbons (Fsp3) is 0.286. The molecule has 2 aromatic heterocycles. The summed E-state index contributed by atoms with van der Waals surface area (Å²) in [5.41, 5.74) is 0.889. The average molecular weight is 410 g/mol. The van der Waals surface area contributed by atoms with Crippen LogP contribution in [0, 0.1) is 0 Å². The molecule has 0 atom stereocenters. The molecule has 1 aliphatic heterocycles. The van der Waals surface area contributed by atoms with Gasteiger partial charge in [-0.05, 0) is 23.6 Å². The van der Waals surface area contributed by atoms with Crippen molar-refractivity contribution in [1.82, 2.24) is 19.9 Å². The zero-order chi connectivity index (χ0) is 20.1. The molecule has 8 heteroatoms. The lowest BCUT2D eigenvalue weighted by Gasteiger charge is -2.33. The third kappa shape index (κ3) is 4.72. The molecule has 3 aromatic rings. The Balaban J connectivity index is 1.29. The summed E-state index contributed by atoms with van der Waals surface area (Å²) in [4.78, 5) is 22.0. The van der Waals surface area contributed by atoms with Crippen LogP contribution in [0.3, 0.4) is 0 Å². The van der Waals surface area contributed by atoms with Crippen molar-refractivity contribution in [2.45, 2.75) is 6.54 Å². The number of carbonyl (C=O) groups is 1. The predicted molar refractivity (Wildman–Crippen MR) is 111 cm³/mol. The molecule has 1 aliphatic rings. The van der Waals surface area contributed by atoms with E-state index in [9.17, 15) is 4.79 Å². The van der Waals surface area contributed by atoms with Crippen LogP contribution in [0.1, 0.15) is 11.4 Å². The molecular formula is C21H22N4O3S. The molecule has 0 N–H and O–H groups in total. The zero-order valence-electron chi connectivity index (χ0n) is 16.2. The van der Waals surface area contributed by atoms with E-state index in [0.717, 1.165) is 29.3 Å². The van der Waals surface area contributed by atoms with Crippen LogP contribution in [0.2, 0.25) is 0 Å². The molecular weight excluding hydrogens is 388 g/mol. The van der Waals surface area contributed by atoms with Crippen molar-refractivity contribution in [2.75, 3.05) is 33.3 Å². The van der Waals surface area contributed by atoms with E-state index in [2.05, 4.69) is 15.0 Å². The van der Waals surface area contributed by atoms with E-state index in [1.807, 2.05) is 46.7 Å². The fourth-order valence-corrected chi connectivity index (χ4v) is 3.86. The first-order chi connectivity index (χ1) is 14.2. The molecule has 0 saturated carbocycles.